The third-order valence-electron chi connectivity index (χ3n) is 5.32. The lowest BCUT2D eigenvalue weighted by Crippen LogP contribution is -2.31. The predicted octanol–water partition coefficient (Wildman–Crippen LogP) is 6.64. The first-order valence-electron chi connectivity index (χ1n) is 10.3. The number of rotatable bonds is 6. The predicted molar refractivity (Wildman–Crippen MR) is 139 cm³/mol. The van der Waals surface area contributed by atoms with E-state index in [1.54, 1.807) is 23.1 Å². The Morgan fingerprint density at radius 3 is 2.65 bits per heavy atom. The Morgan fingerprint density at radius 2 is 1.91 bits per heavy atom. The summed E-state index contributed by atoms with van der Waals surface area (Å²) in [5, 5.41) is 12.6. The Kier molecular flexibility index (Phi) is 6.23. The van der Waals surface area contributed by atoms with Crippen molar-refractivity contribution in [1.29, 1.82) is 0 Å². The molecule has 4 aromatic rings. The molecule has 1 saturated heterocycles. The highest BCUT2D eigenvalue weighted by Crippen LogP contribution is 2.36. The summed E-state index contributed by atoms with van der Waals surface area (Å²) in [6.45, 7) is 0.446. The van der Waals surface area contributed by atoms with Crippen LogP contribution in [0.4, 0.5) is 11.4 Å². The monoisotopic (exact) mass is 508 g/mol. The van der Waals surface area contributed by atoms with E-state index in [1.807, 2.05) is 36.5 Å². The Morgan fingerprint density at radius 1 is 1.12 bits per heavy atom. The van der Waals surface area contributed by atoms with Gasteiger partial charge in [0.15, 0.2) is 5.17 Å². The molecule has 0 bridgehead atoms. The van der Waals surface area contributed by atoms with Crippen LogP contribution >= 0.6 is 34.7 Å². The van der Waals surface area contributed by atoms with Gasteiger partial charge >= 0.3 is 0 Å². The Balaban J connectivity index is 1.45. The third kappa shape index (κ3) is 4.63. The topological polar surface area (TPSA) is 91.6 Å². The quantitative estimate of drug-likeness (QED) is 0.179. The van der Waals surface area contributed by atoms with E-state index in [2.05, 4.69) is 16.0 Å². The molecule has 1 amide bonds. The van der Waals surface area contributed by atoms with Gasteiger partial charge in [-0.05, 0) is 60.2 Å². The Labute approximate surface area is 207 Å². The second-order valence-electron chi connectivity index (χ2n) is 7.49. The number of aromatic nitrogens is 1. The number of amides is 1. The molecule has 10 heteroatoms. The van der Waals surface area contributed by atoms with Gasteiger partial charge in [-0.3, -0.25) is 19.8 Å². The van der Waals surface area contributed by atoms with Crippen LogP contribution in [0, 0.1) is 10.1 Å². The van der Waals surface area contributed by atoms with Crippen molar-refractivity contribution in [1.82, 2.24) is 9.88 Å². The van der Waals surface area contributed by atoms with Crippen LogP contribution < -0.4 is 0 Å². The molecule has 3 heterocycles. The molecule has 170 valence electrons. The zero-order valence-electron chi connectivity index (χ0n) is 17.6. The summed E-state index contributed by atoms with van der Waals surface area (Å²) < 4.78 is 0.651. The minimum atomic E-state index is -0.453. The van der Waals surface area contributed by atoms with Gasteiger partial charge in [0, 0.05) is 40.7 Å². The first kappa shape index (κ1) is 22.4. The van der Waals surface area contributed by atoms with Crippen LogP contribution in [0.3, 0.4) is 0 Å². The summed E-state index contributed by atoms with van der Waals surface area (Å²) in [6.07, 6.45) is 4.43. The molecule has 1 fully saturated rings. The summed E-state index contributed by atoms with van der Waals surface area (Å²) in [5.74, 6) is -0.130. The second kappa shape index (κ2) is 9.46. The Hall–Kier alpha value is -3.40. The fourth-order valence-corrected chi connectivity index (χ4v) is 5.75. The van der Waals surface area contributed by atoms with E-state index in [0.717, 1.165) is 21.3 Å². The summed E-state index contributed by atoms with van der Waals surface area (Å²) in [6, 6.07) is 17.7. The van der Waals surface area contributed by atoms with E-state index < -0.39 is 4.92 Å². The molecule has 0 atom stereocenters. The maximum absolute atomic E-state index is 13.3. The standard InChI is InChI=1S/C24H17ClN4O3S2/c25-22-10-9-18(33-22)13-21-23(30)28(12-11-15-14-26-20-4-2-1-3-19(15)20)24(34-21)27-16-5-7-17(8-6-16)29(31)32/h1-10,13-14,26H,11-12H2/b21-13-,27-24?. The van der Waals surface area contributed by atoms with Crippen molar-refractivity contribution in [2.45, 2.75) is 6.42 Å². The lowest BCUT2D eigenvalue weighted by Gasteiger charge is -2.15. The number of carbonyl (C=O) groups excluding carboxylic acids is 1. The van der Waals surface area contributed by atoms with Crippen LogP contribution in [0.2, 0.25) is 4.34 Å². The molecule has 2 aromatic carbocycles. The number of hydrogen-bond acceptors (Lipinski definition) is 6. The number of carbonyl (C=O) groups is 1. The highest BCUT2D eigenvalue weighted by Gasteiger charge is 2.33. The highest BCUT2D eigenvalue weighted by molar-refractivity contribution is 8.18. The molecule has 0 saturated carbocycles. The first-order chi connectivity index (χ1) is 16.5. The number of nitrogens with one attached hydrogen (secondary N) is 1. The maximum Gasteiger partial charge on any atom is 0.269 e. The average Bonchev–Trinajstić information content (AvgIpc) is 3.51. The van der Waals surface area contributed by atoms with E-state index in [4.69, 9.17) is 11.6 Å². The molecule has 0 aliphatic carbocycles. The number of amidine groups is 1. The largest absolute Gasteiger partial charge is 0.361 e. The van der Waals surface area contributed by atoms with E-state index in [9.17, 15) is 14.9 Å². The number of halogens is 1. The molecule has 1 aliphatic heterocycles. The number of nitro groups is 1. The zero-order chi connectivity index (χ0) is 23.7. The normalized spacial score (nSPS) is 16.3. The van der Waals surface area contributed by atoms with Crippen molar-refractivity contribution in [3.63, 3.8) is 0 Å². The number of nitrogens with zero attached hydrogens (tertiary/aromatic N) is 3. The summed E-state index contributed by atoms with van der Waals surface area (Å²) in [5.41, 5.74) is 2.70. The Bertz CT molecular complexity index is 1460. The van der Waals surface area contributed by atoms with Crippen LogP contribution in [0.25, 0.3) is 17.0 Å². The highest BCUT2D eigenvalue weighted by atomic mass is 35.5. The fraction of sp³-hybridized carbons (Fsp3) is 0.0833. The second-order valence-corrected chi connectivity index (χ2v) is 10.2. The summed E-state index contributed by atoms with van der Waals surface area (Å²) in [7, 11) is 0. The molecule has 5 rings (SSSR count). The number of benzene rings is 2. The van der Waals surface area contributed by atoms with E-state index in [1.165, 1.54) is 35.2 Å². The van der Waals surface area contributed by atoms with Crippen molar-refractivity contribution >= 4 is 74.1 Å². The summed E-state index contributed by atoms with van der Waals surface area (Å²) >= 11 is 8.73. The van der Waals surface area contributed by atoms with Crippen LogP contribution in [-0.4, -0.2) is 32.4 Å². The van der Waals surface area contributed by atoms with Crippen molar-refractivity contribution in [3.05, 3.63) is 96.7 Å². The van der Waals surface area contributed by atoms with Gasteiger partial charge < -0.3 is 4.98 Å². The lowest BCUT2D eigenvalue weighted by atomic mass is 10.1. The van der Waals surface area contributed by atoms with Crippen LogP contribution in [0.1, 0.15) is 10.4 Å². The minimum absolute atomic E-state index is 0.00884. The van der Waals surface area contributed by atoms with Gasteiger partial charge in [-0.15, -0.1) is 11.3 Å². The molecule has 1 aliphatic rings. The number of H-pyrrole nitrogens is 1. The minimum Gasteiger partial charge on any atom is -0.361 e. The number of non-ortho nitro benzene ring substituents is 1. The lowest BCUT2D eigenvalue weighted by molar-refractivity contribution is -0.384. The fourth-order valence-electron chi connectivity index (χ4n) is 3.65. The van der Waals surface area contributed by atoms with Gasteiger partial charge in [0.2, 0.25) is 0 Å². The maximum atomic E-state index is 13.3. The van der Waals surface area contributed by atoms with Crippen LogP contribution in [-0.2, 0) is 11.2 Å². The molecule has 0 spiro atoms. The van der Waals surface area contributed by atoms with Crippen molar-refractivity contribution < 1.29 is 9.72 Å². The third-order valence-corrected chi connectivity index (χ3v) is 7.51. The smallest absolute Gasteiger partial charge is 0.269 e. The van der Waals surface area contributed by atoms with Gasteiger partial charge in [-0.25, -0.2) is 4.99 Å². The van der Waals surface area contributed by atoms with E-state index >= 15 is 0 Å². The average molecular weight is 509 g/mol. The first-order valence-corrected chi connectivity index (χ1v) is 12.3. The molecular weight excluding hydrogens is 492 g/mol. The number of aromatic amines is 1. The number of para-hydroxylation sites is 1. The van der Waals surface area contributed by atoms with E-state index in [0.29, 0.717) is 33.1 Å². The number of thioether (sulfide) groups is 1. The number of nitro benzene ring substituents is 1. The van der Waals surface area contributed by atoms with Crippen molar-refractivity contribution in [3.8, 4) is 0 Å². The number of hydrogen-bond donors (Lipinski definition) is 1. The van der Waals surface area contributed by atoms with Gasteiger partial charge in [0.25, 0.3) is 11.6 Å². The number of aliphatic imine (C=N–C) groups is 1. The molecule has 0 radical (unpaired) electrons. The molecular formula is C24H17ClN4O3S2. The van der Waals surface area contributed by atoms with Gasteiger partial charge in [-0.1, -0.05) is 29.8 Å². The number of fused-ring (bicyclic) bond motifs is 1. The van der Waals surface area contributed by atoms with Gasteiger partial charge in [0.05, 0.1) is 19.9 Å². The number of thiophene rings is 1. The van der Waals surface area contributed by atoms with Crippen LogP contribution in [0.15, 0.2) is 76.8 Å². The molecule has 1 N–H and O–H groups in total. The SMILES string of the molecule is O=C1/C(=C/c2ccc(Cl)s2)SC(=Nc2ccc([N+](=O)[O-])cc2)N1CCc1c[nH]c2ccccc12. The molecule has 7 nitrogen and oxygen atoms in total. The van der Waals surface area contributed by atoms with E-state index in [-0.39, 0.29) is 11.6 Å². The molecule has 0 unspecified atom stereocenters. The molecule has 34 heavy (non-hydrogen) atoms. The van der Waals surface area contributed by atoms with Crippen LogP contribution in [0.5, 0.6) is 0 Å². The van der Waals surface area contributed by atoms with Crippen molar-refractivity contribution in [2.24, 2.45) is 4.99 Å². The van der Waals surface area contributed by atoms with Gasteiger partial charge in [-0.2, -0.15) is 0 Å². The molecule has 2 aromatic heterocycles. The van der Waals surface area contributed by atoms with Crippen molar-refractivity contribution in [2.75, 3.05) is 6.54 Å². The summed E-state index contributed by atoms with van der Waals surface area (Å²) in [4.78, 5) is 34.8. The zero-order valence-corrected chi connectivity index (χ0v) is 20.0. The van der Waals surface area contributed by atoms with Gasteiger partial charge in [0.1, 0.15) is 0 Å².